The van der Waals surface area contributed by atoms with Crippen molar-refractivity contribution >= 4 is 17.3 Å². The SMILES string of the molecule is c1ccc2c(c1)CNCCN2c1nc2ccccn2n1. The number of hydrogen-bond donors (Lipinski definition) is 1. The third-order valence-electron chi connectivity index (χ3n) is 3.58. The Labute approximate surface area is 116 Å². The molecule has 1 aliphatic heterocycles. The zero-order valence-electron chi connectivity index (χ0n) is 11.0. The van der Waals surface area contributed by atoms with Gasteiger partial charge in [-0.2, -0.15) is 4.98 Å². The Balaban J connectivity index is 1.84. The molecule has 20 heavy (non-hydrogen) atoms. The summed E-state index contributed by atoms with van der Waals surface area (Å²) in [5.74, 6) is 0.757. The van der Waals surface area contributed by atoms with Gasteiger partial charge in [-0.05, 0) is 23.8 Å². The highest BCUT2D eigenvalue weighted by atomic mass is 15.4. The molecule has 0 bridgehead atoms. The highest BCUT2D eigenvalue weighted by Gasteiger charge is 2.19. The number of fused-ring (bicyclic) bond motifs is 2. The molecule has 1 N–H and O–H groups in total. The third-order valence-corrected chi connectivity index (χ3v) is 3.58. The lowest BCUT2D eigenvalue weighted by molar-refractivity contribution is 0.708. The standard InChI is InChI=1S/C15H15N5/c1-2-6-13-12(5-1)11-16-8-10-19(13)15-17-14-7-3-4-9-20(14)18-15/h1-7,9,16H,8,10-11H2. The van der Waals surface area contributed by atoms with E-state index in [0.29, 0.717) is 0 Å². The van der Waals surface area contributed by atoms with Crippen molar-refractivity contribution in [2.45, 2.75) is 6.54 Å². The molecular formula is C15H15N5. The predicted molar refractivity (Wildman–Crippen MR) is 78.1 cm³/mol. The number of benzene rings is 1. The highest BCUT2D eigenvalue weighted by molar-refractivity contribution is 5.63. The number of rotatable bonds is 1. The van der Waals surface area contributed by atoms with Crippen LogP contribution in [0, 0.1) is 0 Å². The van der Waals surface area contributed by atoms with Crippen LogP contribution in [0.25, 0.3) is 5.65 Å². The van der Waals surface area contributed by atoms with E-state index in [-0.39, 0.29) is 0 Å². The summed E-state index contributed by atoms with van der Waals surface area (Å²) in [6.45, 7) is 2.68. The first kappa shape index (κ1) is 11.4. The second-order valence-corrected chi connectivity index (χ2v) is 4.87. The van der Waals surface area contributed by atoms with Gasteiger partial charge in [-0.25, -0.2) is 4.52 Å². The van der Waals surface area contributed by atoms with Crippen molar-refractivity contribution in [1.82, 2.24) is 19.9 Å². The van der Waals surface area contributed by atoms with Gasteiger partial charge in [0, 0.05) is 31.5 Å². The number of para-hydroxylation sites is 1. The van der Waals surface area contributed by atoms with Crippen LogP contribution in [0.15, 0.2) is 48.7 Å². The minimum absolute atomic E-state index is 0.757. The number of hydrogen-bond acceptors (Lipinski definition) is 4. The highest BCUT2D eigenvalue weighted by Crippen LogP contribution is 2.27. The Morgan fingerprint density at radius 3 is 2.90 bits per heavy atom. The van der Waals surface area contributed by atoms with Gasteiger partial charge in [0.2, 0.25) is 5.95 Å². The van der Waals surface area contributed by atoms with Crippen LogP contribution in [-0.2, 0) is 6.54 Å². The first-order valence-electron chi connectivity index (χ1n) is 6.79. The van der Waals surface area contributed by atoms with Gasteiger partial charge in [0.25, 0.3) is 0 Å². The van der Waals surface area contributed by atoms with Crippen molar-refractivity contribution in [3.8, 4) is 0 Å². The molecule has 0 amide bonds. The summed E-state index contributed by atoms with van der Waals surface area (Å²) >= 11 is 0. The number of pyridine rings is 1. The van der Waals surface area contributed by atoms with Gasteiger partial charge >= 0.3 is 0 Å². The predicted octanol–water partition coefficient (Wildman–Crippen LogP) is 1.97. The number of anilines is 2. The van der Waals surface area contributed by atoms with Gasteiger partial charge in [-0.1, -0.05) is 24.3 Å². The van der Waals surface area contributed by atoms with Crippen LogP contribution >= 0.6 is 0 Å². The largest absolute Gasteiger partial charge is 0.311 e. The minimum atomic E-state index is 0.757. The topological polar surface area (TPSA) is 45.5 Å². The molecule has 0 fully saturated rings. The Bertz CT molecular complexity index is 716. The van der Waals surface area contributed by atoms with Crippen LogP contribution < -0.4 is 10.2 Å². The lowest BCUT2D eigenvalue weighted by Gasteiger charge is -2.20. The zero-order chi connectivity index (χ0) is 13.4. The third kappa shape index (κ3) is 1.83. The van der Waals surface area contributed by atoms with Crippen molar-refractivity contribution in [1.29, 1.82) is 0 Å². The fourth-order valence-corrected chi connectivity index (χ4v) is 2.60. The van der Waals surface area contributed by atoms with Gasteiger partial charge in [-0.15, -0.1) is 5.10 Å². The van der Waals surface area contributed by atoms with Crippen molar-refractivity contribution in [2.75, 3.05) is 18.0 Å². The van der Waals surface area contributed by atoms with Gasteiger partial charge in [0.15, 0.2) is 5.65 Å². The summed E-state index contributed by atoms with van der Waals surface area (Å²) < 4.78 is 1.82. The lowest BCUT2D eigenvalue weighted by Crippen LogP contribution is -2.25. The van der Waals surface area contributed by atoms with Crippen LogP contribution in [0.3, 0.4) is 0 Å². The number of nitrogens with zero attached hydrogens (tertiary/aromatic N) is 4. The molecule has 0 unspecified atom stereocenters. The Kier molecular flexibility index (Phi) is 2.63. The molecule has 0 spiro atoms. The van der Waals surface area contributed by atoms with E-state index < -0.39 is 0 Å². The van der Waals surface area contributed by atoms with Gasteiger partial charge in [0.05, 0.1) is 0 Å². The molecule has 0 aliphatic carbocycles. The molecule has 4 rings (SSSR count). The van der Waals surface area contributed by atoms with E-state index in [2.05, 4.69) is 44.6 Å². The molecule has 0 radical (unpaired) electrons. The van der Waals surface area contributed by atoms with E-state index in [4.69, 9.17) is 0 Å². The monoisotopic (exact) mass is 265 g/mol. The summed E-state index contributed by atoms with van der Waals surface area (Å²) in [6.07, 6.45) is 1.92. The zero-order valence-corrected chi connectivity index (χ0v) is 11.0. The summed E-state index contributed by atoms with van der Waals surface area (Å²) in [6, 6.07) is 14.3. The quantitative estimate of drug-likeness (QED) is 0.730. The second-order valence-electron chi connectivity index (χ2n) is 4.87. The molecule has 0 atom stereocenters. The van der Waals surface area contributed by atoms with Crippen LogP contribution in [0.4, 0.5) is 11.6 Å². The molecule has 3 heterocycles. The maximum absolute atomic E-state index is 4.63. The fraction of sp³-hybridized carbons (Fsp3) is 0.200. The number of aromatic nitrogens is 3. The molecule has 2 aromatic heterocycles. The van der Waals surface area contributed by atoms with Crippen molar-refractivity contribution in [3.63, 3.8) is 0 Å². The summed E-state index contributed by atoms with van der Waals surface area (Å²) in [5.41, 5.74) is 3.34. The van der Waals surface area contributed by atoms with E-state index in [1.165, 1.54) is 11.3 Å². The maximum atomic E-state index is 4.63. The van der Waals surface area contributed by atoms with Crippen molar-refractivity contribution in [2.24, 2.45) is 0 Å². The van der Waals surface area contributed by atoms with E-state index in [0.717, 1.165) is 31.2 Å². The first-order chi connectivity index (χ1) is 9.92. The van der Waals surface area contributed by atoms with E-state index >= 15 is 0 Å². The molecule has 0 saturated heterocycles. The Hall–Kier alpha value is -2.40. The van der Waals surface area contributed by atoms with Crippen molar-refractivity contribution in [3.05, 3.63) is 54.2 Å². The van der Waals surface area contributed by atoms with Gasteiger partial charge in [-0.3, -0.25) is 0 Å². The second kappa shape index (κ2) is 4.61. The molecule has 1 aliphatic rings. The van der Waals surface area contributed by atoms with E-state index in [1.807, 2.05) is 28.9 Å². The Morgan fingerprint density at radius 2 is 1.95 bits per heavy atom. The molecule has 5 heteroatoms. The summed E-state index contributed by atoms with van der Waals surface area (Å²) in [4.78, 5) is 6.81. The van der Waals surface area contributed by atoms with Crippen LogP contribution in [0.2, 0.25) is 0 Å². The summed E-state index contributed by atoms with van der Waals surface area (Å²) in [7, 11) is 0. The lowest BCUT2D eigenvalue weighted by atomic mass is 10.1. The van der Waals surface area contributed by atoms with Gasteiger partial charge < -0.3 is 10.2 Å². The van der Waals surface area contributed by atoms with Crippen LogP contribution in [-0.4, -0.2) is 27.7 Å². The molecule has 3 aromatic rings. The first-order valence-corrected chi connectivity index (χ1v) is 6.79. The Morgan fingerprint density at radius 1 is 1.05 bits per heavy atom. The average Bonchev–Trinajstić information content (AvgIpc) is 2.80. The van der Waals surface area contributed by atoms with Crippen LogP contribution in [0.5, 0.6) is 0 Å². The molecular weight excluding hydrogens is 250 g/mol. The summed E-state index contributed by atoms with van der Waals surface area (Å²) in [5, 5.41) is 8.01. The molecule has 100 valence electrons. The molecule has 5 nitrogen and oxygen atoms in total. The maximum Gasteiger partial charge on any atom is 0.250 e. The molecule has 1 aromatic carbocycles. The average molecular weight is 265 g/mol. The number of nitrogens with one attached hydrogen (secondary N) is 1. The van der Waals surface area contributed by atoms with Crippen molar-refractivity contribution < 1.29 is 0 Å². The van der Waals surface area contributed by atoms with Gasteiger partial charge in [0.1, 0.15) is 0 Å². The minimum Gasteiger partial charge on any atom is -0.311 e. The fourth-order valence-electron chi connectivity index (χ4n) is 2.60. The molecule has 0 saturated carbocycles. The normalized spacial score (nSPS) is 15.1. The smallest absolute Gasteiger partial charge is 0.250 e. The van der Waals surface area contributed by atoms with Crippen LogP contribution in [0.1, 0.15) is 5.56 Å². The van der Waals surface area contributed by atoms with E-state index in [9.17, 15) is 0 Å². The van der Waals surface area contributed by atoms with E-state index in [1.54, 1.807) is 0 Å².